The third-order valence-electron chi connectivity index (χ3n) is 5.27. The Hall–Kier alpha value is -1.35. The van der Waals surface area contributed by atoms with E-state index >= 15 is 0 Å². The van der Waals surface area contributed by atoms with Crippen molar-refractivity contribution in [3.8, 4) is 0 Å². The second-order valence-electron chi connectivity index (χ2n) is 6.97. The molecule has 0 radical (unpaired) electrons. The highest BCUT2D eigenvalue weighted by molar-refractivity contribution is 5.79. The van der Waals surface area contributed by atoms with E-state index in [0.29, 0.717) is 24.5 Å². The Morgan fingerprint density at radius 1 is 1.09 bits per heavy atom. The van der Waals surface area contributed by atoms with Crippen LogP contribution < -0.4 is 0 Å². The number of nitrogens with zero attached hydrogens (tertiary/aromatic N) is 2. The number of carbonyl (C=O) groups is 1. The summed E-state index contributed by atoms with van der Waals surface area (Å²) in [5.41, 5.74) is 1.27. The number of hydrogen-bond acceptors (Lipinski definition) is 2. The molecule has 0 heterocycles. The van der Waals surface area contributed by atoms with Crippen molar-refractivity contribution in [1.29, 1.82) is 0 Å². The molecule has 0 bridgehead atoms. The van der Waals surface area contributed by atoms with Crippen molar-refractivity contribution in [3.05, 3.63) is 35.9 Å². The van der Waals surface area contributed by atoms with Gasteiger partial charge < -0.3 is 4.90 Å². The molecule has 3 heteroatoms. The van der Waals surface area contributed by atoms with Crippen LogP contribution in [0.3, 0.4) is 0 Å². The van der Waals surface area contributed by atoms with Gasteiger partial charge in [0.25, 0.3) is 0 Å². The number of carbonyl (C=O) groups excluding carboxylic acids is 1. The van der Waals surface area contributed by atoms with E-state index in [2.05, 4.69) is 48.0 Å². The summed E-state index contributed by atoms with van der Waals surface area (Å²) >= 11 is 0. The summed E-state index contributed by atoms with van der Waals surface area (Å²) in [5, 5.41) is 0. The highest BCUT2D eigenvalue weighted by Crippen LogP contribution is 2.34. The van der Waals surface area contributed by atoms with Crippen molar-refractivity contribution in [2.45, 2.75) is 63.6 Å². The standard InChI is InChI=1S/C19H28N2O/c1-15(16-8-4-3-5-9-16)20(2)14-19(22)21(18-12-13-18)17-10-6-7-11-17/h3-5,8-9,15,17-18H,6-7,10-14H2,1-2H3. The molecule has 2 saturated carbocycles. The number of hydrogen-bond donors (Lipinski definition) is 0. The first-order valence-corrected chi connectivity index (χ1v) is 8.73. The molecule has 0 N–H and O–H groups in total. The van der Waals surface area contributed by atoms with E-state index in [9.17, 15) is 4.79 Å². The first-order chi connectivity index (χ1) is 10.7. The number of amides is 1. The minimum atomic E-state index is 0.273. The molecule has 3 rings (SSSR count). The summed E-state index contributed by atoms with van der Waals surface area (Å²) in [6.45, 7) is 2.71. The Balaban J connectivity index is 1.62. The summed E-state index contributed by atoms with van der Waals surface area (Å²) in [5.74, 6) is 0.333. The summed E-state index contributed by atoms with van der Waals surface area (Å²) in [7, 11) is 2.06. The maximum atomic E-state index is 12.8. The molecule has 1 aromatic rings. The Bertz CT molecular complexity index is 491. The van der Waals surface area contributed by atoms with E-state index in [1.807, 2.05) is 6.07 Å². The van der Waals surface area contributed by atoms with E-state index in [1.54, 1.807) is 0 Å². The van der Waals surface area contributed by atoms with E-state index in [4.69, 9.17) is 0 Å². The van der Waals surface area contributed by atoms with Crippen LogP contribution in [-0.2, 0) is 4.79 Å². The van der Waals surface area contributed by atoms with E-state index in [1.165, 1.54) is 44.1 Å². The largest absolute Gasteiger partial charge is 0.336 e. The van der Waals surface area contributed by atoms with Crippen LogP contribution >= 0.6 is 0 Å². The summed E-state index contributed by atoms with van der Waals surface area (Å²) in [6.07, 6.45) is 7.41. The molecule has 1 unspecified atom stereocenters. The third kappa shape index (κ3) is 3.52. The number of benzene rings is 1. The van der Waals surface area contributed by atoms with Gasteiger partial charge >= 0.3 is 0 Å². The van der Waals surface area contributed by atoms with Crippen molar-refractivity contribution in [3.63, 3.8) is 0 Å². The Morgan fingerprint density at radius 3 is 2.27 bits per heavy atom. The lowest BCUT2D eigenvalue weighted by molar-refractivity contribution is -0.135. The predicted octanol–water partition coefficient (Wildman–Crippen LogP) is 3.61. The lowest BCUT2D eigenvalue weighted by Gasteiger charge is -2.32. The second kappa shape index (κ2) is 6.82. The van der Waals surface area contributed by atoms with Gasteiger partial charge in [0.1, 0.15) is 0 Å². The smallest absolute Gasteiger partial charge is 0.237 e. The van der Waals surface area contributed by atoms with Gasteiger partial charge in [0, 0.05) is 18.1 Å². The predicted molar refractivity (Wildman–Crippen MR) is 89.6 cm³/mol. The average molecular weight is 300 g/mol. The van der Waals surface area contributed by atoms with E-state index < -0.39 is 0 Å². The molecule has 120 valence electrons. The monoisotopic (exact) mass is 300 g/mol. The van der Waals surface area contributed by atoms with Crippen LogP contribution in [0, 0.1) is 0 Å². The fraction of sp³-hybridized carbons (Fsp3) is 0.632. The SMILES string of the molecule is CC(c1ccccc1)N(C)CC(=O)N(C1CCCC1)C1CC1. The van der Waals surface area contributed by atoms with Crippen molar-refractivity contribution in [1.82, 2.24) is 9.80 Å². The van der Waals surface area contributed by atoms with E-state index in [-0.39, 0.29) is 6.04 Å². The molecule has 0 aliphatic heterocycles. The van der Waals surface area contributed by atoms with Crippen LogP contribution in [-0.4, -0.2) is 41.4 Å². The van der Waals surface area contributed by atoms with Gasteiger partial charge in [-0.25, -0.2) is 0 Å². The Kier molecular flexibility index (Phi) is 4.82. The summed E-state index contributed by atoms with van der Waals surface area (Å²) in [4.78, 5) is 17.3. The van der Waals surface area contributed by atoms with Crippen LogP contribution in [0.5, 0.6) is 0 Å². The number of rotatable bonds is 6. The van der Waals surface area contributed by atoms with Gasteiger partial charge in [0.05, 0.1) is 6.54 Å². The lowest BCUT2D eigenvalue weighted by atomic mass is 10.1. The minimum absolute atomic E-state index is 0.273. The lowest BCUT2D eigenvalue weighted by Crippen LogP contribution is -2.45. The van der Waals surface area contributed by atoms with Crippen molar-refractivity contribution in [2.75, 3.05) is 13.6 Å². The zero-order valence-corrected chi connectivity index (χ0v) is 13.9. The maximum Gasteiger partial charge on any atom is 0.237 e. The molecular formula is C19H28N2O. The van der Waals surface area contributed by atoms with Crippen molar-refractivity contribution in [2.24, 2.45) is 0 Å². The Labute approximate surface area is 134 Å². The topological polar surface area (TPSA) is 23.6 Å². The fourth-order valence-corrected chi connectivity index (χ4v) is 3.66. The summed E-state index contributed by atoms with van der Waals surface area (Å²) in [6, 6.07) is 11.8. The van der Waals surface area contributed by atoms with E-state index in [0.717, 1.165) is 0 Å². The Morgan fingerprint density at radius 2 is 1.68 bits per heavy atom. The number of likely N-dealkylation sites (N-methyl/N-ethyl adjacent to an activating group) is 1. The van der Waals surface area contributed by atoms with Gasteiger partial charge in [-0.1, -0.05) is 43.2 Å². The third-order valence-corrected chi connectivity index (χ3v) is 5.27. The van der Waals surface area contributed by atoms with Gasteiger partial charge in [-0.05, 0) is 45.2 Å². The van der Waals surface area contributed by atoms with Gasteiger partial charge in [-0.15, -0.1) is 0 Å². The van der Waals surface area contributed by atoms with Gasteiger partial charge in [-0.2, -0.15) is 0 Å². The molecule has 2 aliphatic rings. The minimum Gasteiger partial charge on any atom is -0.336 e. The van der Waals surface area contributed by atoms with Crippen LogP contribution in [0.25, 0.3) is 0 Å². The zero-order valence-electron chi connectivity index (χ0n) is 13.9. The summed E-state index contributed by atoms with van der Waals surface area (Å²) < 4.78 is 0. The molecule has 2 fully saturated rings. The van der Waals surface area contributed by atoms with Crippen LogP contribution in [0.4, 0.5) is 0 Å². The van der Waals surface area contributed by atoms with Gasteiger partial charge in [0.2, 0.25) is 5.91 Å². The average Bonchev–Trinajstić information content (AvgIpc) is 3.21. The molecule has 1 amide bonds. The quantitative estimate of drug-likeness (QED) is 0.801. The molecule has 0 saturated heterocycles. The van der Waals surface area contributed by atoms with Crippen LogP contribution in [0.15, 0.2) is 30.3 Å². The van der Waals surface area contributed by atoms with Crippen LogP contribution in [0.1, 0.15) is 57.1 Å². The second-order valence-corrected chi connectivity index (χ2v) is 6.97. The first kappa shape index (κ1) is 15.5. The fourth-order valence-electron chi connectivity index (χ4n) is 3.66. The molecule has 1 atom stereocenters. The zero-order chi connectivity index (χ0) is 15.5. The normalized spacial score (nSPS) is 20.3. The highest BCUT2D eigenvalue weighted by atomic mass is 16.2. The van der Waals surface area contributed by atoms with Gasteiger partial charge in [-0.3, -0.25) is 9.69 Å². The molecule has 22 heavy (non-hydrogen) atoms. The highest BCUT2D eigenvalue weighted by Gasteiger charge is 2.38. The molecular weight excluding hydrogens is 272 g/mol. The molecule has 0 aromatic heterocycles. The molecule has 2 aliphatic carbocycles. The molecule has 3 nitrogen and oxygen atoms in total. The van der Waals surface area contributed by atoms with Crippen molar-refractivity contribution >= 4 is 5.91 Å². The van der Waals surface area contributed by atoms with Gasteiger partial charge in [0.15, 0.2) is 0 Å². The first-order valence-electron chi connectivity index (χ1n) is 8.73. The van der Waals surface area contributed by atoms with Crippen molar-refractivity contribution < 1.29 is 4.79 Å². The van der Waals surface area contributed by atoms with Crippen LogP contribution in [0.2, 0.25) is 0 Å². The maximum absolute atomic E-state index is 12.8. The molecule has 1 aromatic carbocycles. The molecule has 0 spiro atoms.